The highest BCUT2D eigenvalue weighted by atomic mass is 32.1. The molecule has 2 aromatic carbocycles. The number of hydrogen-bond acceptors (Lipinski definition) is 6. The number of aromatic amines is 1. The maximum Gasteiger partial charge on any atom is 0.353 e. The van der Waals surface area contributed by atoms with Gasteiger partial charge in [0, 0.05) is 16.4 Å². The molecule has 2 N–H and O–H groups in total. The van der Waals surface area contributed by atoms with Crippen LogP contribution in [0, 0.1) is 5.92 Å². The average Bonchev–Trinajstić information content (AvgIpc) is 3.51. The molecule has 10 heteroatoms. The van der Waals surface area contributed by atoms with Gasteiger partial charge in [-0.25, -0.2) is 4.79 Å². The monoisotopic (exact) mass is 516 g/mol. The van der Waals surface area contributed by atoms with E-state index in [1.165, 1.54) is 11.3 Å². The number of aryl methyl sites for hydroxylation is 1. The Hall–Kier alpha value is -3.92. The van der Waals surface area contributed by atoms with Crippen molar-refractivity contribution in [3.63, 3.8) is 0 Å². The molecule has 1 amide bonds. The summed E-state index contributed by atoms with van der Waals surface area (Å²) in [5, 5.41) is 24.5. The molecule has 0 aliphatic heterocycles. The zero-order valence-corrected chi connectivity index (χ0v) is 21.4. The lowest BCUT2D eigenvalue weighted by atomic mass is 9.98. The first-order valence-electron chi connectivity index (χ1n) is 12.5. The Morgan fingerprint density at radius 2 is 1.86 bits per heavy atom. The van der Waals surface area contributed by atoms with Gasteiger partial charge in [0.05, 0.1) is 6.54 Å². The summed E-state index contributed by atoms with van der Waals surface area (Å²) < 4.78 is 1.69. The Labute approximate surface area is 217 Å². The lowest BCUT2D eigenvalue weighted by Crippen LogP contribution is -2.22. The van der Waals surface area contributed by atoms with Crippen LogP contribution in [0.2, 0.25) is 0 Å². The number of rotatable bonds is 10. The van der Waals surface area contributed by atoms with E-state index in [0.717, 1.165) is 59.2 Å². The number of carbonyl (C=O) groups is 2. The fourth-order valence-corrected chi connectivity index (χ4v) is 5.49. The molecular formula is C27H28N6O3S. The number of carboxylic acid groups (broad SMARTS) is 1. The molecule has 2 aromatic heterocycles. The zero-order valence-electron chi connectivity index (χ0n) is 20.6. The number of carbonyl (C=O) groups excluding carboxylic acids is 1. The van der Waals surface area contributed by atoms with Gasteiger partial charge >= 0.3 is 5.97 Å². The third kappa shape index (κ3) is 5.59. The highest BCUT2D eigenvalue weighted by Crippen LogP contribution is 2.31. The van der Waals surface area contributed by atoms with Gasteiger partial charge in [0.25, 0.3) is 5.91 Å². The molecule has 0 radical (unpaired) electrons. The van der Waals surface area contributed by atoms with Crippen molar-refractivity contribution in [2.45, 2.75) is 52.0 Å². The molecule has 0 saturated heterocycles. The van der Waals surface area contributed by atoms with Gasteiger partial charge in [0.15, 0.2) is 4.80 Å². The van der Waals surface area contributed by atoms with Gasteiger partial charge in [-0.3, -0.25) is 4.79 Å². The molecule has 0 bridgehead atoms. The molecule has 5 rings (SSSR count). The quantitative estimate of drug-likeness (QED) is 0.294. The second-order valence-corrected chi connectivity index (χ2v) is 10.3. The summed E-state index contributed by atoms with van der Waals surface area (Å²) in [6.07, 6.45) is 5.36. The van der Waals surface area contributed by atoms with E-state index in [-0.39, 0.29) is 17.5 Å². The highest BCUT2D eigenvalue weighted by molar-refractivity contribution is 7.09. The van der Waals surface area contributed by atoms with Gasteiger partial charge in [0.2, 0.25) is 5.82 Å². The molecule has 2 heterocycles. The van der Waals surface area contributed by atoms with Crippen LogP contribution in [0.1, 0.15) is 60.0 Å². The van der Waals surface area contributed by atoms with Gasteiger partial charge in [-0.05, 0) is 47.6 Å². The van der Waals surface area contributed by atoms with E-state index < -0.39 is 5.97 Å². The second kappa shape index (κ2) is 11.0. The summed E-state index contributed by atoms with van der Waals surface area (Å²) in [6.45, 7) is 2.43. The van der Waals surface area contributed by atoms with Crippen molar-refractivity contribution >= 4 is 23.2 Å². The zero-order chi connectivity index (χ0) is 25.8. The molecule has 1 saturated carbocycles. The fraction of sp³-hybridized carbons (Fsp3) is 0.333. The number of nitrogens with one attached hydrogen (secondary N) is 1. The number of amides is 1. The van der Waals surface area contributed by atoms with Crippen molar-refractivity contribution in [1.82, 2.24) is 25.2 Å². The standard InChI is InChI=1S/C27H28N6O3S/c1-2-3-4-9-22-23(26(35)36)33(27(37-22)28-25(34)19-14-15-19)16-17-10-12-18(13-11-17)20-7-5-6-8-21(20)24-29-31-32-30-24/h5-8,10-13,19H,2-4,9,14-16H2,1H3,(H,35,36)(H,29,30,31,32). The SMILES string of the molecule is CCCCCc1sc(=NC(=O)C2CC2)n(Cc2ccc(-c3ccccc3-c3nn[nH]n3)cc2)c1C(=O)O. The van der Waals surface area contributed by atoms with E-state index in [4.69, 9.17) is 0 Å². The normalized spacial score (nSPS) is 13.7. The number of H-pyrrole nitrogens is 1. The van der Waals surface area contributed by atoms with Gasteiger partial charge < -0.3 is 9.67 Å². The predicted octanol–water partition coefficient (Wildman–Crippen LogP) is 4.71. The lowest BCUT2D eigenvalue weighted by molar-refractivity contribution is -0.119. The van der Waals surface area contributed by atoms with Crippen molar-refractivity contribution in [2.75, 3.05) is 0 Å². The summed E-state index contributed by atoms with van der Waals surface area (Å²) in [5.41, 5.74) is 3.96. The topological polar surface area (TPSA) is 126 Å². The Morgan fingerprint density at radius 1 is 1.11 bits per heavy atom. The molecule has 9 nitrogen and oxygen atoms in total. The number of aromatic carboxylic acids is 1. The predicted molar refractivity (Wildman–Crippen MR) is 140 cm³/mol. The molecule has 0 unspecified atom stereocenters. The van der Waals surface area contributed by atoms with Crippen molar-refractivity contribution in [3.8, 4) is 22.5 Å². The van der Waals surface area contributed by atoms with Gasteiger partial charge in [-0.1, -0.05) is 68.3 Å². The first-order chi connectivity index (χ1) is 18.0. The smallest absolute Gasteiger partial charge is 0.353 e. The van der Waals surface area contributed by atoms with Crippen LogP contribution in [-0.2, 0) is 17.8 Å². The van der Waals surface area contributed by atoms with Crippen LogP contribution in [0.3, 0.4) is 0 Å². The Bertz CT molecular complexity index is 1470. The van der Waals surface area contributed by atoms with Crippen LogP contribution >= 0.6 is 11.3 Å². The summed E-state index contributed by atoms with van der Waals surface area (Å²) in [4.78, 5) is 30.5. The molecule has 37 heavy (non-hydrogen) atoms. The summed E-state index contributed by atoms with van der Waals surface area (Å²) in [7, 11) is 0. The van der Waals surface area contributed by atoms with Gasteiger partial charge in [-0.15, -0.1) is 21.5 Å². The number of tetrazole rings is 1. The van der Waals surface area contributed by atoms with Crippen LogP contribution in [-0.4, -0.2) is 42.2 Å². The number of benzene rings is 2. The van der Waals surface area contributed by atoms with E-state index >= 15 is 0 Å². The lowest BCUT2D eigenvalue weighted by Gasteiger charge is -2.10. The molecule has 0 atom stereocenters. The van der Waals surface area contributed by atoms with Crippen LogP contribution in [0.5, 0.6) is 0 Å². The van der Waals surface area contributed by atoms with Crippen LogP contribution < -0.4 is 4.80 Å². The third-order valence-electron chi connectivity index (χ3n) is 6.44. The van der Waals surface area contributed by atoms with Gasteiger partial charge in [0.1, 0.15) is 5.69 Å². The molecular weight excluding hydrogens is 488 g/mol. The van der Waals surface area contributed by atoms with Crippen LogP contribution in [0.4, 0.5) is 0 Å². The largest absolute Gasteiger partial charge is 0.477 e. The van der Waals surface area contributed by atoms with E-state index in [1.54, 1.807) is 4.57 Å². The maximum atomic E-state index is 12.5. The first-order valence-corrected chi connectivity index (χ1v) is 13.3. The minimum absolute atomic E-state index is 0.0223. The molecule has 1 aliphatic rings. The summed E-state index contributed by atoms with van der Waals surface area (Å²) in [5.74, 6) is -0.651. The molecule has 0 spiro atoms. The minimum atomic E-state index is -0.992. The van der Waals surface area contributed by atoms with Gasteiger partial charge in [-0.2, -0.15) is 10.2 Å². The van der Waals surface area contributed by atoms with Crippen LogP contribution in [0.25, 0.3) is 22.5 Å². The van der Waals surface area contributed by atoms with E-state index in [0.29, 0.717) is 23.6 Å². The highest BCUT2D eigenvalue weighted by Gasteiger charge is 2.30. The van der Waals surface area contributed by atoms with E-state index in [9.17, 15) is 14.7 Å². The molecule has 1 fully saturated rings. The van der Waals surface area contributed by atoms with E-state index in [2.05, 4.69) is 32.5 Å². The van der Waals surface area contributed by atoms with Crippen molar-refractivity contribution in [1.29, 1.82) is 0 Å². The second-order valence-electron chi connectivity index (χ2n) is 9.21. The number of nitrogens with zero attached hydrogens (tertiary/aromatic N) is 5. The number of carboxylic acids is 1. The minimum Gasteiger partial charge on any atom is -0.477 e. The first kappa shape index (κ1) is 24.8. The number of thiazole rings is 1. The van der Waals surface area contributed by atoms with Crippen molar-refractivity contribution in [2.24, 2.45) is 10.9 Å². The molecule has 4 aromatic rings. The molecule has 1 aliphatic carbocycles. The summed E-state index contributed by atoms with van der Waals surface area (Å²) in [6, 6.07) is 15.8. The Kier molecular flexibility index (Phi) is 7.36. The fourth-order valence-electron chi connectivity index (χ4n) is 4.32. The number of unbranched alkanes of at least 4 members (excludes halogenated alkanes) is 2. The Morgan fingerprint density at radius 3 is 2.51 bits per heavy atom. The average molecular weight is 517 g/mol. The van der Waals surface area contributed by atoms with E-state index in [1.807, 2.05) is 48.5 Å². The van der Waals surface area contributed by atoms with Crippen LogP contribution in [0.15, 0.2) is 53.5 Å². The summed E-state index contributed by atoms with van der Waals surface area (Å²) >= 11 is 1.33. The number of aromatic nitrogens is 5. The van der Waals surface area contributed by atoms with Crippen molar-refractivity contribution in [3.05, 3.63) is 69.5 Å². The van der Waals surface area contributed by atoms with Crippen molar-refractivity contribution < 1.29 is 14.7 Å². The number of hydrogen-bond donors (Lipinski definition) is 2. The molecule has 190 valence electrons. The Balaban J connectivity index is 1.49. The maximum absolute atomic E-state index is 12.5. The third-order valence-corrected chi connectivity index (χ3v) is 7.58.